The Morgan fingerprint density at radius 1 is 1.26 bits per heavy atom. The topological polar surface area (TPSA) is 55.8 Å². The zero-order chi connectivity index (χ0) is 19.3. The van der Waals surface area contributed by atoms with Gasteiger partial charge in [-0.25, -0.2) is 4.79 Å². The number of carbonyl (C=O) groups excluding carboxylic acids is 2. The van der Waals surface area contributed by atoms with Gasteiger partial charge in [0.05, 0.1) is 18.6 Å². The van der Waals surface area contributed by atoms with Crippen LogP contribution in [-0.4, -0.2) is 42.1 Å². The molecular formula is C22H31NO4. The van der Waals surface area contributed by atoms with Crippen molar-refractivity contribution in [2.75, 3.05) is 19.7 Å². The minimum Gasteiger partial charge on any atom is -0.486 e. The van der Waals surface area contributed by atoms with Crippen molar-refractivity contribution in [1.29, 1.82) is 0 Å². The Bertz CT molecular complexity index is 664. The minimum absolute atomic E-state index is 0.134. The van der Waals surface area contributed by atoms with E-state index in [1.165, 1.54) is 12.8 Å². The van der Waals surface area contributed by atoms with Gasteiger partial charge in [0.1, 0.15) is 11.4 Å². The molecule has 0 bridgehead atoms. The first-order chi connectivity index (χ1) is 13.1. The Labute approximate surface area is 162 Å². The maximum absolute atomic E-state index is 12.5. The van der Waals surface area contributed by atoms with E-state index in [0.717, 1.165) is 12.8 Å². The van der Waals surface area contributed by atoms with E-state index >= 15 is 0 Å². The molecule has 0 saturated carbocycles. The van der Waals surface area contributed by atoms with Crippen molar-refractivity contribution in [3.8, 4) is 5.75 Å². The van der Waals surface area contributed by atoms with Crippen LogP contribution in [0.1, 0.15) is 69.2 Å². The molecule has 1 unspecified atom stereocenters. The molecule has 1 aromatic carbocycles. The van der Waals surface area contributed by atoms with Crippen LogP contribution in [0.4, 0.5) is 4.79 Å². The molecule has 3 rings (SSSR count). The minimum atomic E-state index is -0.477. The van der Waals surface area contributed by atoms with Gasteiger partial charge in [0, 0.05) is 25.9 Å². The molecule has 0 N–H and O–H groups in total. The number of amides is 1. The highest BCUT2D eigenvalue weighted by atomic mass is 16.6. The number of benzene rings is 1. The van der Waals surface area contributed by atoms with Crippen LogP contribution in [0.15, 0.2) is 24.3 Å². The molecule has 2 aliphatic heterocycles. The number of nitrogens with zero attached hydrogens (tertiary/aromatic N) is 1. The third kappa shape index (κ3) is 4.63. The molecule has 0 aliphatic carbocycles. The lowest BCUT2D eigenvalue weighted by molar-refractivity contribution is -0.0106. The summed E-state index contributed by atoms with van der Waals surface area (Å²) in [5.41, 5.74) is 0.192. The molecule has 2 heterocycles. The van der Waals surface area contributed by atoms with Crippen LogP contribution in [0.5, 0.6) is 5.75 Å². The first-order valence-electron chi connectivity index (χ1n) is 10.3. The molecule has 5 nitrogen and oxygen atoms in total. The van der Waals surface area contributed by atoms with Gasteiger partial charge in [0.15, 0.2) is 5.78 Å². The number of carbonyl (C=O) groups is 2. The van der Waals surface area contributed by atoms with Crippen LogP contribution in [0.2, 0.25) is 0 Å². The van der Waals surface area contributed by atoms with Gasteiger partial charge in [-0.05, 0) is 24.5 Å². The quantitative estimate of drug-likeness (QED) is 0.716. The smallest absolute Gasteiger partial charge is 0.409 e. The summed E-state index contributed by atoms with van der Waals surface area (Å²) >= 11 is 0. The van der Waals surface area contributed by atoms with Crippen LogP contribution in [0.3, 0.4) is 0 Å². The zero-order valence-electron chi connectivity index (χ0n) is 16.5. The third-order valence-electron chi connectivity index (χ3n) is 5.92. The second-order valence-electron chi connectivity index (χ2n) is 7.86. The molecule has 27 heavy (non-hydrogen) atoms. The lowest BCUT2D eigenvalue weighted by Crippen LogP contribution is -2.52. The Balaban J connectivity index is 1.52. The molecule has 1 saturated heterocycles. The van der Waals surface area contributed by atoms with E-state index in [4.69, 9.17) is 9.47 Å². The molecule has 2 aliphatic rings. The van der Waals surface area contributed by atoms with Gasteiger partial charge in [-0.1, -0.05) is 45.2 Å². The van der Waals surface area contributed by atoms with E-state index in [1.54, 1.807) is 4.90 Å². The number of rotatable bonds is 6. The van der Waals surface area contributed by atoms with Gasteiger partial charge in [-0.2, -0.15) is 0 Å². The SMILES string of the molecule is CCCCC(CC)COC(=O)N1CCC2(CC1)CC(=O)c1ccccc1O2. The lowest BCUT2D eigenvalue weighted by atomic mass is 9.82. The Morgan fingerprint density at radius 2 is 2.00 bits per heavy atom. The van der Waals surface area contributed by atoms with E-state index in [-0.39, 0.29) is 11.9 Å². The number of Topliss-reactive ketones (excluding diaryl/α,β-unsaturated/α-hetero) is 1. The van der Waals surface area contributed by atoms with Crippen molar-refractivity contribution in [3.05, 3.63) is 29.8 Å². The lowest BCUT2D eigenvalue weighted by Gasteiger charge is -2.43. The van der Waals surface area contributed by atoms with E-state index in [1.807, 2.05) is 24.3 Å². The van der Waals surface area contributed by atoms with Crippen LogP contribution in [0.25, 0.3) is 0 Å². The molecule has 1 fully saturated rings. The third-order valence-corrected chi connectivity index (χ3v) is 5.92. The van der Waals surface area contributed by atoms with Gasteiger partial charge in [0.2, 0.25) is 0 Å². The molecule has 1 amide bonds. The van der Waals surface area contributed by atoms with Crippen molar-refractivity contribution in [3.63, 3.8) is 0 Å². The first-order valence-corrected chi connectivity index (χ1v) is 10.3. The number of unbranched alkanes of at least 4 members (excludes halogenated alkanes) is 1. The van der Waals surface area contributed by atoms with Gasteiger partial charge >= 0.3 is 6.09 Å². The molecule has 1 spiro atoms. The van der Waals surface area contributed by atoms with E-state index in [9.17, 15) is 9.59 Å². The van der Waals surface area contributed by atoms with Crippen LogP contribution < -0.4 is 4.74 Å². The molecule has 148 valence electrons. The summed E-state index contributed by atoms with van der Waals surface area (Å²) in [6, 6.07) is 7.43. The number of hydrogen-bond acceptors (Lipinski definition) is 4. The number of ketones is 1. The summed E-state index contributed by atoms with van der Waals surface area (Å²) in [4.78, 5) is 26.7. The fourth-order valence-corrected chi connectivity index (χ4v) is 4.00. The van der Waals surface area contributed by atoms with Gasteiger partial charge in [0.25, 0.3) is 0 Å². The molecule has 1 atom stereocenters. The predicted octanol–water partition coefficient (Wildman–Crippen LogP) is 4.84. The van der Waals surface area contributed by atoms with Crippen LogP contribution >= 0.6 is 0 Å². The van der Waals surface area contributed by atoms with Crippen LogP contribution in [-0.2, 0) is 4.74 Å². The Hall–Kier alpha value is -2.04. The van der Waals surface area contributed by atoms with Gasteiger partial charge in [-0.15, -0.1) is 0 Å². The van der Waals surface area contributed by atoms with Crippen LogP contribution in [0, 0.1) is 5.92 Å². The summed E-state index contributed by atoms with van der Waals surface area (Å²) in [5.74, 6) is 1.25. The number of hydrogen-bond donors (Lipinski definition) is 0. The summed E-state index contributed by atoms with van der Waals surface area (Å²) in [7, 11) is 0. The fourth-order valence-electron chi connectivity index (χ4n) is 4.00. The number of ether oxygens (including phenoxy) is 2. The molecule has 0 radical (unpaired) electrons. The average Bonchev–Trinajstić information content (AvgIpc) is 2.68. The van der Waals surface area contributed by atoms with Crippen molar-refractivity contribution < 1.29 is 19.1 Å². The Kier molecular flexibility index (Phi) is 6.40. The second kappa shape index (κ2) is 8.77. The number of likely N-dealkylation sites (tertiary alicyclic amines) is 1. The standard InChI is InChI=1S/C22H31NO4/c1-3-5-8-17(4-2)16-26-21(25)23-13-11-22(12-14-23)15-19(24)18-9-6-7-10-20(18)27-22/h6-7,9-10,17H,3-5,8,11-16H2,1-2H3. The molecule has 0 aromatic heterocycles. The largest absolute Gasteiger partial charge is 0.486 e. The normalized spacial score (nSPS) is 19.3. The molecule has 1 aromatic rings. The van der Waals surface area contributed by atoms with Crippen molar-refractivity contribution in [2.45, 2.75) is 64.4 Å². The van der Waals surface area contributed by atoms with E-state index in [0.29, 0.717) is 56.2 Å². The Morgan fingerprint density at radius 3 is 2.70 bits per heavy atom. The van der Waals surface area contributed by atoms with E-state index in [2.05, 4.69) is 13.8 Å². The summed E-state index contributed by atoms with van der Waals surface area (Å²) < 4.78 is 11.8. The summed E-state index contributed by atoms with van der Waals surface area (Å²) in [5, 5.41) is 0. The van der Waals surface area contributed by atoms with Crippen molar-refractivity contribution >= 4 is 11.9 Å². The monoisotopic (exact) mass is 373 g/mol. The van der Waals surface area contributed by atoms with Crippen molar-refractivity contribution in [2.24, 2.45) is 5.92 Å². The summed E-state index contributed by atoms with van der Waals surface area (Å²) in [6.45, 7) is 5.96. The number of piperidine rings is 1. The van der Waals surface area contributed by atoms with E-state index < -0.39 is 5.60 Å². The highest BCUT2D eigenvalue weighted by Crippen LogP contribution is 2.39. The van der Waals surface area contributed by atoms with Crippen molar-refractivity contribution in [1.82, 2.24) is 4.90 Å². The fraction of sp³-hybridized carbons (Fsp3) is 0.636. The van der Waals surface area contributed by atoms with Gasteiger partial charge < -0.3 is 14.4 Å². The van der Waals surface area contributed by atoms with Gasteiger partial charge in [-0.3, -0.25) is 4.79 Å². The molecule has 5 heteroatoms. The average molecular weight is 373 g/mol. The first kappa shape index (κ1) is 19.7. The number of fused-ring (bicyclic) bond motifs is 1. The maximum atomic E-state index is 12.5. The predicted molar refractivity (Wildman–Crippen MR) is 104 cm³/mol. The second-order valence-corrected chi connectivity index (χ2v) is 7.86. The summed E-state index contributed by atoms with van der Waals surface area (Å²) in [6.07, 6.45) is 5.97. The maximum Gasteiger partial charge on any atom is 0.409 e. The number of para-hydroxylation sites is 1. The highest BCUT2D eigenvalue weighted by Gasteiger charge is 2.43. The molecular weight excluding hydrogens is 342 g/mol. The highest BCUT2D eigenvalue weighted by molar-refractivity contribution is 6.00. The zero-order valence-corrected chi connectivity index (χ0v) is 16.5.